The van der Waals surface area contributed by atoms with Crippen LogP contribution >= 0.6 is 0 Å². The van der Waals surface area contributed by atoms with E-state index in [0.717, 1.165) is 0 Å². The molecular formula is C19H15FN2O2. The zero-order valence-electron chi connectivity index (χ0n) is 12.8. The summed E-state index contributed by atoms with van der Waals surface area (Å²) in [5, 5.41) is 2.55. The maximum atomic E-state index is 13.9. The van der Waals surface area contributed by atoms with Crippen molar-refractivity contribution in [2.45, 2.75) is 6.42 Å². The summed E-state index contributed by atoms with van der Waals surface area (Å²) in [6, 6.07) is 18.7. The van der Waals surface area contributed by atoms with Crippen molar-refractivity contribution in [3.05, 3.63) is 84.4 Å². The van der Waals surface area contributed by atoms with Gasteiger partial charge in [-0.3, -0.25) is 9.78 Å². The number of anilines is 1. The van der Waals surface area contributed by atoms with Crippen LogP contribution in [0.1, 0.15) is 5.69 Å². The zero-order valence-corrected chi connectivity index (χ0v) is 12.8. The molecule has 5 heteroatoms. The maximum absolute atomic E-state index is 13.9. The first-order valence-corrected chi connectivity index (χ1v) is 7.43. The Morgan fingerprint density at radius 1 is 1.00 bits per heavy atom. The highest BCUT2D eigenvalue weighted by Crippen LogP contribution is 2.26. The topological polar surface area (TPSA) is 51.2 Å². The molecule has 0 spiro atoms. The number of hydrogen-bond acceptors (Lipinski definition) is 3. The third kappa shape index (κ3) is 4.16. The quantitative estimate of drug-likeness (QED) is 0.766. The van der Waals surface area contributed by atoms with E-state index in [1.807, 2.05) is 18.2 Å². The van der Waals surface area contributed by atoms with Crippen molar-refractivity contribution < 1.29 is 13.9 Å². The predicted molar refractivity (Wildman–Crippen MR) is 89.5 cm³/mol. The molecule has 1 aromatic heterocycles. The molecule has 3 aromatic rings. The molecule has 0 aliphatic rings. The van der Waals surface area contributed by atoms with E-state index in [1.165, 1.54) is 18.2 Å². The number of ether oxygens (including phenoxy) is 1. The standard InChI is InChI=1S/C19H15FN2O2/c20-17-10-9-16(24-15-7-2-1-3-8-15)13-18(17)22-19(23)12-14-6-4-5-11-21-14/h1-11,13H,12H2,(H,22,23). The van der Waals surface area contributed by atoms with Gasteiger partial charge in [-0.05, 0) is 36.4 Å². The van der Waals surface area contributed by atoms with E-state index in [-0.39, 0.29) is 18.0 Å². The fraction of sp³-hybridized carbons (Fsp3) is 0.0526. The van der Waals surface area contributed by atoms with Gasteiger partial charge in [0.15, 0.2) is 0 Å². The van der Waals surface area contributed by atoms with Gasteiger partial charge in [-0.1, -0.05) is 24.3 Å². The number of nitrogens with zero attached hydrogens (tertiary/aromatic N) is 1. The third-order valence-corrected chi connectivity index (χ3v) is 3.26. The lowest BCUT2D eigenvalue weighted by Gasteiger charge is -2.10. The molecular weight excluding hydrogens is 307 g/mol. The molecule has 0 fully saturated rings. The molecule has 1 heterocycles. The van der Waals surface area contributed by atoms with Crippen LogP contribution in [0.5, 0.6) is 11.5 Å². The molecule has 0 aliphatic carbocycles. The van der Waals surface area contributed by atoms with Crippen LogP contribution < -0.4 is 10.1 Å². The first kappa shape index (κ1) is 15.7. The summed E-state index contributed by atoms with van der Waals surface area (Å²) in [4.78, 5) is 16.1. The van der Waals surface area contributed by atoms with Crippen LogP contribution in [-0.4, -0.2) is 10.9 Å². The van der Waals surface area contributed by atoms with Gasteiger partial charge in [0.1, 0.15) is 17.3 Å². The van der Waals surface area contributed by atoms with E-state index >= 15 is 0 Å². The summed E-state index contributed by atoms with van der Waals surface area (Å²) >= 11 is 0. The van der Waals surface area contributed by atoms with E-state index in [1.54, 1.807) is 36.5 Å². The smallest absolute Gasteiger partial charge is 0.230 e. The number of amides is 1. The second-order valence-corrected chi connectivity index (χ2v) is 5.10. The molecule has 0 unspecified atom stereocenters. The minimum absolute atomic E-state index is 0.0735. The van der Waals surface area contributed by atoms with Gasteiger partial charge in [0.05, 0.1) is 12.1 Å². The van der Waals surface area contributed by atoms with Crippen LogP contribution in [0.3, 0.4) is 0 Å². The molecule has 0 radical (unpaired) electrons. The van der Waals surface area contributed by atoms with Gasteiger partial charge >= 0.3 is 0 Å². The van der Waals surface area contributed by atoms with E-state index in [0.29, 0.717) is 17.2 Å². The highest BCUT2D eigenvalue weighted by Gasteiger charge is 2.10. The summed E-state index contributed by atoms with van der Waals surface area (Å²) in [5.41, 5.74) is 0.691. The molecule has 2 aromatic carbocycles. The Kier molecular flexibility index (Phi) is 4.81. The molecule has 0 bridgehead atoms. The molecule has 0 aliphatic heterocycles. The summed E-state index contributed by atoms with van der Waals surface area (Å²) in [6.07, 6.45) is 1.68. The van der Waals surface area contributed by atoms with Gasteiger partial charge in [-0.15, -0.1) is 0 Å². The van der Waals surface area contributed by atoms with Crippen molar-refractivity contribution in [1.29, 1.82) is 0 Å². The number of hydrogen-bond donors (Lipinski definition) is 1. The van der Waals surface area contributed by atoms with Crippen LogP contribution in [0.25, 0.3) is 0 Å². The fourth-order valence-corrected chi connectivity index (χ4v) is 2.15. The van der Waals surface area contributed by atoms with Crippen molar-refractivity contribution in [2.75, 3.05) is 5.32 Å². The number of pyridine rings is 1. The van der Waals surface area contributed by atoms with Gasteiger partial charge < -0.3 is 10.1 Å². The summed E-state index contributed by atoms with van der Waals surface area (Å²) in [6.45, 7) is 0. The first-order valence-electron chi connectivity index (χ1n) is 7.43. The van der Waals surface area contributed by atoms with Crippen LogP contribution in [0, 0.1) is 5.82 Å². The number of para-hydroxylation sites is 1. The Morgan fingerprint density at radius 3 is 2.54 bits per heavy atom. The second kappa shape index (κ2) is 7.37. The Labute approximate surface area is 138 Å². The molecule has 120 valence electrons. The van der Waals surface area contributed by atoms with Gasteiger partial charge in [0, 0.05) is 18.0 Å². The zero-order chi connectivity index (χ0) is 16.8. The summed E-state index contributed by atoms with van der Waals surface area (Å²) < 4.78 is 19.6. The molecule has 4 nitrogen and oxygen atoms in total. The van der Waals surface area contributed by atoms with Gasteiger partial charge in [-0.2, -0.15) is 0 Å². The van der Waals surface area contributed by atoms with Crippen molar-refractivity contribution in [3.8, 4) is 11.5 Å². The summed E-state index contributed by atoms with van der Waals surface area (Å²) in [5.74, 6) is 0.208. The van der Waals surface area contributed by atoms with E-state index in [9.17, 15) is 9.18 Å². The Hall–Kier alpha value is -3.21. The molecule has 0 atom stereocenters. The van der Waals surface area contributed by atoms with Gasteiger partial charge in [0.25, 0.3) is 0 Å². The second-order valence-electron chi connectivity index (χ2n) is 5.10. The number of nitrogens with one attached hydrogen (secondary N) is 1. The lowest BCUT2D eigenvalue weighted by molar-refractivity contribution is -0.115. The van der Waals surface area contributed by atoms with Crippen molar-refractivity contribution >= 4 is 11.6 Å². The largest absolute Gasteiger partial charge is 0.457 e. The number of aromatic nitrogens is 1. The lowest BCUT2D eigenvalue weighted by atomic mass is 10.2. The number of rotatable bonds is 5. The minimum atomic E-state index is -0.523. The van der Waals surface area contributed by atoms with Crippen molar-refractivity contribution in [3.63, 3.8) is 0 Å². The van der Waals surface area contributed by atoms with Crippen molar-refractivity contribution in [1.82, 2.24) is 4.98 Å². The molecule has 1 N–H and O–H groups in total. The average Bonchev–Trinajstić information content (AvgIpc) is 2.60. The molecule has 0 saturated carbocycles. The normalized spacial score (nSPS) is 10.2. The Balaban J connectivity index is 1.71. The Bertz CT molecular complexity index is 823. The minimum Gasteiger partial charge on any atom is -0.457 e. The fourth-order valence-electron chi connectivity index (χ4n) is 2.15. The predicted octanol–water partition coefficient (Wildman–Crippen LogP) is 4.19. The number of benzene rings is 2. The van der Waals surface area contributed by atoms with Crippen LogP contribution in [-0.2, 0) is 11.2 Å². The molecule has 24 heavy (non-hydrogen) atoms. The molecule has 3 rings (SSSR count). The van der Waals surface area contributed by atoms with E-state index in [4.69, 9.17) is 4.74 Å². The van der Waals surface area contributed by atoms with Gasteiger partial charge in [-0.25, -0.2) is 4.39 Å². The summed E-state index contributed by atoms with van der Waals surface area (Å²) in [7, 11) is 0. The Morgan fingerprint density at radius 2 is 1.79 bits per heavy atom. The highest BCUT2D eigenvalue weighted by atomic mass is 19.1. The molecule has 1 amide bonds. The van der Waals surface area contributed by atoms with E-state index in [2.05, 4.69) is 10.3 Å². The molecule has 0 saturated heterocycles. The number of carbonyl (C=O) groups excluding carboxylic acids is 1. The van der Waals surface area contributed by atoms with E-state index < -0.39 is 5.82 Å². The monoisotopic (exact) mass is 322 g/mol. The number of halogens is 1. The van der Waals surface area contributed by atoms with Gasteiger partial charge in [0.2, 0.25) is 5.91 Å². The van der Waals surface area contributed by atoms with Crippen molar-refractivity contribution in [2.24, 2.45) is 0 Å². The average molecular weight is 322 g/mol. The van der Waals surface area contributed by atoms with Crippen LogP contribution in [0.4, 0.5) is 10.1 Å². The maximum Gasteiger partial charge on any atom is 0.230 e. The third-order valence-electron chi connectivity index (χ3n) is 3.26. The highest BCUT2D eigenvalue weighted by molar-refractivity contribution is 5.92. The first-order chi connectivity index (χ1) is 11.7. The van der Waals surface area contributed by atoms with Crippen LogP contribution in [0.15, 0.2) is 72.9 Å². The SMILES string of the molecule is O=C(Cc1ccccn1)Nc1cc(Oc2ccccc2)ccc1F. The lowest BCUT2D eigenvalue weighted by Crippen LogP contribution is -2.16. The number of carbonyl (C=O) groups is 1. The van der Waals surface area contributed by atoms with Crippen LogP contribution in [0.2, 0.25) is 0 Å².